The second kappa shape index (κ2) is 4.34. The fraction of sp³-hybridized carbons (Fsp3) is 0. The first-order valence-corrected chi connectivity index (χ1v) is 5.77. The highest BCUT2D eigenvalue weighted by Crippen LogP contribution is 2.19. The van der Waals surface area contributed by atoms with Crippen molar-refractivity contribution in [1.82, 2.24) is 4.98 Å². The number of carbonyl (C=O) groups excluding carboxylic acids is 1. The normalized spacial score (nSPS) is 10.8. The number of rotatable bonds is 2. The van der Waals surface area contributed by atoms with E-state index in [1.165, 1.54) is 30.3 Å². The molecule has 0 atom stereocenters. The second-order valence-corrected chi connectivity index (χ2v) is 4.29. The van der Waals surface area contributed by atoms with Gasteiger partial charge in [0.2, 0.25) is 0 Å². The van der Waals surface area contributed by atoms with Crippen LogP contribution >= 0.6 is 0 Å². The number of nitrogens with two attached hydrogens (primary N) is 1. The predicted octanol–water partition coefficient (Wildman–Crippen LogP) is 2.07. The molecule has 0 aliphatic heterocycles. The molecule has 100 valence electrons. The molecule has 0 unspecified atom stereocenters. The van der Waals surface area contributed by atoms with Crippen molar-refractivity contribution in [2.75, 3.05) is 5.73 Å². The Labute approximate surface area is 111 Å². The van der Waals surface area contributed by atoms with Crippen LogP contribution in [0.1, 0.15) is 15.9 Å². The Hall–Kier alpha value is -2.89. The van der Waals surface area contributed by atoms with Crippen molar-refractivity contribution < 1.29 is 13.6 Å². The van der Waals surface area contributed by atoms with Gasteiger partial charge in [-0.25, -0.2) is 9.18 Å². The summed E-state index contributed by atoms with van der Waals surface area (Å²) >= 11 is 0. The van der Waals surface area contributed by atoms with Gasteiger partial charge >= 0.3 is 5.76 Å². The summed E-state index contributed by atoms with van der Waals surface area (Å²) in [5, 5.41) is 0. The van der Waals surface area contributed by atoms with Gasteiger partial charge in [0.1, 0.15) is 5.82 Å². The predicted molar refractivity (Wildman–Crippen MR) is 71.1 cm³/mol. The van der Waals surface area contributed by atoms with Crippen molar-refractivity contribution in [1.29, 1.82) is 0 Å². The molecule has 2 aromatic carbocycles. The molecule has 0 bridgehead atoms. The van der Waals surface area contributed by atoms with E-state index in [0.29, 0.717) is 5.52 Å². The van der Waals surface area contributed by atoms with Gasteiger partial charge in [-0.1, -0.05) is 0 Å². The number of H-pyrrole nitrogens is 1. The molecule has 0 saturated carbocycles. The van der Waals surface area contributed by atoms with Gasteiger partial charge in [-0.3, -0.25) is 9.78 Å². The highest BCUT2D eigenvalue weighted by molar-refractivity contribution is 6.10. The third-order valence-electron chi connectivity index (χ3n) is 2.92. The minimum atomic E-state index is -0.689. The number of nitrogen functional groups attached to an aromatic ring is 1. The van der Waals surface area contributed by atoms with Crippen LogP contribution in [0.3, 0.4) is 0 Å². The van der Waals surface area contributed by atoms with E-state index in [2.05, 4.69) is 4.98 Å². The minimum Gasteiger partial charge on any atom is -0.408 e. The van der Waals surface area contributed by atoms with Crippen LogP contribution in [0.4, 0.5) is 10.1 Å². The number of aromatic nitrogens is 1. The van der Waals surface area contributed by atoms with Crippen LogP contribution in [0.2, 0.25) is 0 Å². The van der Waals surface area contributed by atoms with Crippen molar-refractivity contribution in [3.63, 3.8) is 0 Å². The van der Waals surface area contributed by atoms with Crippen LogP contribution in [0.15, 0.2) is 45.6 Å². The van der Waals surface area contributed by atoms with Crippen molar-refractivity contribution >= 4 is 22.6 Å². The summed E-state index contributed by atoms with van der Waals surface area (Å²) in [6.07, 6.45) is 0. The van der Waals surface area contributed by atoms with Crippen LogP contribution in [0.25, 0.3) is 11.1 Å². The molecule has 0 radical (unpaired) electrons. The van der Waals surface area contributed by atoms with Crippen molar-refractivity contribution in [3.8, 4) is 0 Å². The first kappa shape index (κ1) is 12.2. The number of fused-ring (bicyclic) bond motifs is 1. The first-order chi connectivity index (χ1) is 9.54. The molecule has 0 aliphatic carbocycles. The summed E-state index contributed by atoms with van der Waals surface area (Å²) in [6.45, 7) is 0. The van der Waals surface area contributed by atoms with E-state index < -0.39 is 17.4 Å². The number of benzene rings is 2. The molecule has 1 aromatic heterocycles. The standard InChI is InChI=1S/C14H9FN2O3/c15-10-6-8(16)2-3-9(10)13(18)7-1-4-11-12(5-7)20-14(19)17-11/h1-6H,16H2,(H,17,19). The zero-order valence-electron chi connectivity index (χ0n) is 10.1. The molecule has 0 saturated heterocycles. The number of anilines is 1. The number of oxazole rings is 1. The van der Waals surface area contributed by atoms with Crippen LogP contribution < -0.4 is 11.5 Å². The number of hydrogen-bond donors (Lipinski definition) is 2. The molecule has 5 nitrogen and oxygen atoms in total. The van der Waals surface area contributed by atoms with Gasteiger partial charge < -0.3 is 10.2 Å². The Morgan fingerprint density at radius 1 is 1.20 bits per heavy atom. The number of halogens is 1. The fourth-order valence-corrected chi connectivity index (χ4v) is 1.96. The Morgan fingerprint density at radius 2 is 2.00 bits per heavy atom. The summed E-state index contributed by atoms with van der Waals surface area (Å²) in [4.78, 5) is 25.7. The van der Waals surface area contributed by atoms with E-state index in [9.17, 15) is 14.0 Å². The Kier molecular flexibility index (Phi) is 2.64. The molecule has 6 heteroatoms. The highest BCUT2D eigenvalue weighted by atomic mass is 19.1. The third-order valence-corrected chi connectivity index (χ3v) is 2.92. The van der Waals surface area contributed by atoms with Crippen molar-refractivity contribution in [2.45, 2.75) is 0 Å². The lowest BCUT2D eigenvalue weighted by Crippen LogP contribution is -2.04. The fourth-order valence-electron chi connectivity index (χ4n) is 1.96. The topological polar surface area (TPSA) is 89.1 Å². The summed E-state index contributed by atoms with van der Waals surface area (Å²) in [5.41, 5.74) is 6.54. The van der Waals surface area contributed by atoms with Crippen molar-refractivity contribution in [2.24, 2.45) is 0 Å². The molecule has 3 rings (SSSR count). The van der Waals surface area contributed by atoms with Gasteiger partial charge in [-0.15, -0.1) is 0 Å². The Balaban J connectivity index is 2.09. The monoisotopic (exact) mass is 272 g/mol. The number of hydrogen-bond acceptors (Lipinski definition) is 4. The Morgan fingerprint density at radius 3 is 2.75 bits per heavy atom. The molecule has 20 heavy (non-hydrogen) atoms. The quantitative estimate of drug-likeness (QED) is 0.552. The van der Waals surface area contributed by atoms with Crippen molar-refractivity contribution in [3.05, 3.63) is 63.9 Å². The van der Waals surface area contributed by atoms with E-state index in [1.807, 2.05) is 0 Å². The average molecular weight is 272 g/mol. The van der Waals surface area contributed by atoms with E-state index in [0.717, 1.165) is 6.07 Å². The molecular formula is C14H9FN2O3. The summed E-state index contributed by atoms with van der Waals surface area (Å²) in [7, 11) is 0. The van der Waals surface area contributed by atoms with Crippen LogP contribution in [-0.2, 0) is 0 Å². The lowest BCUT2D eigenvalue weighted by Gasteiger charge is -2.03. The van der Waals surface area contributed by atoms with E-state index in [4.69, 9.17) is 10.2 Å². The molecule has 1 heterocycles. The SMILES string of the molecule is Nc1ccc(C(=O)c2ccc3[nH]c(=O)oc3c2)c(F)c1. The number of ketones is 1. The third kappa shape index (κ3) is 1.97. The zero-order chi connectivity index (χ0) is 14.3. The Bertz CT molecular complexity index is 880. The maximum absolute atomic E-state index is 13.7. The highest BCUT2D eigenvalue weighted by Gasteiger charge is 2.15. The molecule has 0 amide bonds. The smallest absolute Gasteiger partial charge is 0.408 e. The summed E-state index contributed by atoms with van der Waals surface area (Å²) < 4.78 is 18.6. The van der Waals surface area contributed by atoms with E-state index in [-0.39, 0.29) is 22.4 Å². The molecule has 0 fully saturated rings. The summed E-state index contributed by atoms with van der Waals surface area (Å²) in [6, 6.07) is 8.28. The van der Waals surface area contributed by atoms with Crippen LogP contribution in [0.5, 0.6) is 0 Å². The van der Waals surface area contributed by atoms with Gasteiger partial charge in [0.15, 0.2) is 11.4 Å². The zero-order valence-corrected chi connectivity index (χ0v) is 10.1. The van der Waals surface area contributed by atoms with Gasteiger partial charge in [0.25, 0.3) is 0 Å². The second-order valence-electron chi connectivity index (χ2n) is 4.29. The summed E-state index contributed by atoms with van der Waals surface area (Å²) in [5.74, 6) is -1.80. The molecule has 0 spiro atoms. The maximum Gasteiger partial charge on any atom is 0.417 e. The average Bonchev–Trinajstić information content (AvgIpc) is 2.77. The molecule has 3 N–H and O–H groups in total. The van der Waals surface area contributed by atoms with Crippen LogP contribution in [-0.4, -0.2) is 10.8 Å². The van der Waals surface area contributed by atoms with Gasteiger partial charge in [0.05, 0.1) is 11.1 Å². The maximum atomic E-state index is 13.7. The molecule has 0 aliphatic rings. The minimum absolute atomic E-state index is 0.0866. The first-order valence-electron chi connectivity index (χ1n) is 5.77. The lowest BCUT2D eigenvalue weighted by atomic mass is 10.0. The number of nitrogens with one attached hydrogen (secondary N) is 1. The number of aromatic amines is 1. The van der Waals surface area contributed by atoms with Crippen LogP contribution in [0, 0.1) is 5.82 Å². The van der Waals surface area contributed by atoms with Gasteiger partial charge in [0, 0.05) is 11.3 Å². The number of carbonyl (C=O) groups is 1. The van der Waals surface area contributed by atoms with Gasteiger partial charge in [-0.05, 0) is 36.4 Å². The molecule has 3 aromatic rings. The lowest BCUT2D eigenvalue weighted by molar-refractivity contribution is 0.103. The van der Waals surface area contributed by atoms with E-state index >= 15 is 0 Å². The van der Waals surface area contributed by atoms with E-state index in [1.54, 1.807) is 0 Å². The molecular weight excluding hydrogens is 263 g/mol. The van der Waals surface area contributed by atoms with Gasteiger partial charge in [-0.2, -0.15) is 0 Å². The largest absolute Gasteiger partial charge is 0.417 e.